The molecule has 154 valence electrons. The summed E-state index contributed by atoms with van der Waals surface area (Å²) in [7, 11) is 1.67. The lowest BCUT2D eigenvalue weighted by molar-refractivity contribution is -0.152. The van der Waals surface area contributed by atoms with Crippen LogP contribution in [0.2, 0.25) is 0 Å². The highest BCUT2D eigenvalue weighted by Crippen LogP contribution is 2.43. The molecule has 0 bridgehead atoms. The summed E-state index contributed by atoms with van der Waals surface area (Å²) < 4.78 is 10.9. The minimum absolute atomic E-state index is 0.0421. The molecule has 8 nitrogen and oxygen atoms in total. The van der Waals surface area contributed by atoms with Crippen LogP contribution in [0.1, 0.15) is 22.9 Å². The normalized spacial score (nSPS) is 19.7. The van der Waals surface area contributed by atoms with E-state index in [2.05, 4.69) is 10.3 Å². The molecule has 0 aliphatic carbocycles. The van der Waals surface area contributed by atoms with Crippen molar-refractivity contribution in [1.29, 1.82) is 0 Å². The molecule has 0 saturated carbocycles. The van der Waals surface area contributed by atoms with Crippen molar-refractivity contribution < 1.29 is 24.2 Å². The van der Waals surface area contributed by atoms with Gasteiger partial charge in [-0.2, -0.15) is 0 Å². The topological polar surface area (TPSA) is 104 Å². The Balaban J connectivity index is 1.74. The molecule has 30 heavy (non-hydrogen) atoms. The number of nitrogens with one attached hydrogen (secondary N) is 2. The van der Waals surface area contributed by atoms with Gasteiger partial charge in [0.05, 0.1) is 12.6 Å². The summed E-state index contributed by atoms with van der Waals surface area (Å²) >= 11 is 0. The zero-order valence-corrected chi connectivity index (χ0v) is 16.3. The maximum Gasteiger partial charge on any atom is 0.326 e. The summed E-state index contributed by atoms with van der Waals surface area (Å²) in [6, 6.07) is 11.7. The van der Waals surface area contributed by atoms with Gasteiger partial charge in [0.2, 0.25) is 12.7 Å². The molecule has 0 saturated heterocycles. The number of rotatable bonds is 4. The van der Waals surface area contributed by atoms with E-state index in [-0.39, 0.29) is 25.7 Å². The number of likely N-dealkylation sites (N-methyl/N-ethyl adjacent to an activating group) is 1. The first kappa shape index (κ1) is 18.5. The summed E-state index contributed by atoms with van der Waals surface area (Å²) in [4.78, 5) is 30.2. The van der Waals surface area contributed by atoms with Gasteiger partial charge in [-0.05, 0) is 36.4 Å². The van der Waals surface area contributed by atoms with Crippen LogP contribution in [0.3, 0.4) is 0 Å². The van der Waals surface area contributed by atoms with Crippen LogP contribution in [0.5, 0.6) is 11.5 Å². The third kappa shape index (κ3) is 2.80. The summed E-state index contributed by atoms with van der Waals surface area (Å²) in [6.45, 7) is 0.182. The Labute approximate surface area is 172 Å². The van der Waals surface area contributed by atoms with E-state index in [4.69, 9.17) is 9.47 Å². The molecule has 1 amide bonds. The van der Waals surface area contributed by atoms with Crippen molar-refractivity contribution >= 4 is 22.8 Å². The van der Waals surface area contributed by atoms with E-state index in [1.807, 2.05) is 36.4 Å². The lowest BCUT2D eigenvalue weighted by atomic mass is 9.87. The molecule has 0 fully saturated rings. The van der Waals surface area contributed by atoms with Gasteiger partial charge in [0.15, 0.2) is 11.5 Å². The predicted octanol–water partition coefficient (Wildman–Crippen LogP) is 2.04. The Morgan fingerprint density at radius 1 is 1.20 bits per heavy atom. The number of para-hydroxylation sites is 1. The monoisotopic (exact) mass is 407 g/mol. The predicted molar refractivity (Wildman–Crippen MR) is 109 cm³/mol. The highest BCUT2D eigenvalue weighted by molar-refractivity contribution is 5.91. The number of carboxylic acid groups (broad SMARTS) is 1. The Morgan fingerprint density at radius 2 is 2.00 bits per heavy atom. The number of carbonyl (C=O) groups excluding carboxylic acids is 1. The second kappa shape index (κ2) is 7.07. The molecule has 1 aromatic heterocycles. The van der Waals surface area contributed by atoms with E-state index in [1.165, 1.54) is 4.90 Å². The average Bonchev–Trinajstić information content (AvgIpc) is 3.36. The molecule has 2 aromatic carbocycles. The van der Waals surface area contributed by atoms with Crippen molar-refractivity contribution in [2.45, 2.75) is 18.5 Å². The number of H-pyrrole nitrogens is 1. The number of carboxylic acids is 1. The van der Waals surface area contributed by atoms with Gasteiger partial charge >= 0.3 is 5.97 Å². The second-order valence-electron chi connectivity index (χ2n) is 7.47. The fourth-order valence-electron chi connectivity index (χ4n) is 4.46. The fraction of sp³-hybridized carbons (Fsp3) is 0.273. The number of carbonyl (C=O) groups is 2. The minimum atomic E-state index is -1.03. The Hall–Kier alpha value is -3.52. The highest BCUT2D eigenvalue weighted by Gasteiger charge is 2.43. The van der Waals surface area contributed by atoms with Crippen LogP contribution in [-0.2, 0) is 16.0 Å². The number of hydrogen-bond donors (Lipinski definition) is 3. The average molecular weight is 407 g/mol. The molecule has 3 heterocycles. The highest BCUT2D eigenvalue weighted by atomic mass is 16.7. The van der Waals surface area contributed by atoms with Gasteiger partial charge < -0.3 is 29.8 Å². The van der Waals surface area contributed by atoms with Crippen LogP contribution in [-0.4, -0.2) is 53.3 Å². The molecule has 3 N–H and O–H groups in total. The maximum atomic E-state index is 13.1. The lowest BCUT2D eigenvalue weighted by Crippen LogP contribution is -2.53. The number of aromatic amines is 1. The van der Waals surface area contributed by atoms with Crippen LogP contribution < -0.4 is 14.8 Å². The van der Waals surface area contributed by atoms with E-state index < -0.39 is 18.1 Å². The van der Waals surface area contributed by atoms with Crippen LogP contribution in [0.15, 0.2) is 42.5 Å². The van der Waals surface area contributed by atoms with Crippen molar-refractivity contribution in [1.82, 2.24) is 15.2 Å². The number of aliphatic carboxylic acids is 1. The first-order valence-electron chi connectivity index (χ1n) is 9.76. The largest absolute Gasteiger partial charge is 0.480 e. The van der Waals surface area contributed by atoms with Crippen LogP contribution in [0, 0.1) is 0 Å². The van der Waals surface area contributed by atoms with Gasteiger partial charge in [0.25, 0.3) is 0 Å². The van der Waals surface area contributed by atoms with E-state index in [0.717, 1.165) is 27.7 Å². The van der Waals surface area contributed by atoms with Crippen LogP contribution >= 0.6 is 0 Å². The molecule has 0 radical (unpaired) electrons. The maximum absolute atomic E-state index is 13.1. The van der Waals surface area contributed by atoms with Crippen molar-refractivity contribution in [3.05, 3.63) is 59.3 Å². The number of amides is 1. The Kier molecular flexibility index (Phi) is 4.36. The molecule has 2 atom stereocenters. The lowest BCUT2D eigenvalue weighted by Gasteiger charge is -2.40. The van der Waals surface area contributed by atoms with Crippen LogP contribution in [0.25, 0.3) is 10.9 Å². The van der Waals surface area contributed by atoms with Gasteiger partial charge in [0.1, 0.15) is 6.04 Å². The number of hydrogen-bond acceptors (Lipinski definition) is 5. The summed E-state index contributed by atoms with van der Waals surface area (Å²) in [5, 5.41) is 13.8. The molecule has 2 aliphatic heterocycles. The van der Waals surface area contributed by atoms with Gasteiger partial charge in [-0.1, -0.05) is 24.3 Å². The van der Waals surface area contributed by atoms with E-state index in [9.17, 15) is 14.7 Å². The van der Waals surface area contributed by atoms with Crippen molar-refractivity contribution in [3.8, 4) is 11.5 Å². The first-order valence-corrected chi connectivity index (χ1v) is 9.76. The minimum Gasteiger partial charge on any atom is -0.480 e. The quantitative estimate of drug-likeness (QED) is 0.612. The molecular formula is C22H21N3O5. The number of aromatic nitrogens is 1. The fourth-order valence-corrected chi connectivity index (χ4v) is 4.46. The van der Waals surface area contributed by atoms with E-state index >= 15 is 0 Å². The SMILES string of the molecule is CNCC(=O)N1[C@H](c2ccc3c(c2)OCO3)c2[nH]c3ccccc3c2C[C@H]1C(=O)O. The smallest absolute Gasteiger partial charge is 0.326 e. The van der Waals surface area contributed by atoms with Gasteiger partial charge in [-0.3, -0.25) is 4.79 Å². The van der Waals surface area contributed by atoms with Crippen LogP contribution in [0.4, 0.5) is 0 Å². The number of benzene rings is 2. The van der Waals surface area contributed by atoms with E-state index in [0.29, 0.717) is 11.5 Å². The number of ether oxygens (including phenoxy) is 2. The molecule has 2 aliphatic rings. The Bertz CT molecular complexity index is 1150. The van der Waals surface area contributed by atoms with Crippen molar-refractivity contribution in [2.24, 2.45) is 0 Å². The molecule has 0 unspecified atom stereocenters. The van der Waals surface area contributed by atoms with Gasteiger partial charge in [-0.15, -0.1) is 0 Å². The summed E-state index contributed by atoms with van der Waals surface area (Å²) in [6.07, 6.45) is 0.241. The molecular weight excluding hydrogens is 386 g/mol. The first-order chi connectivity index (χ1) is 14.6. The van der Waals surface area contributed by atoms with Gasteiger partial charge in [0, 0.05) is 23.0 Å². The standard InChI is InChI=1S/C22H21N3O5/c1-23-10-19(26)25-16(22(27)28)9-14-13-4-2-3-5-15(13)24-20(14)21(25)12-6-7-17-18(8-12)30-11-29-17/h2-8,16,21,23-24H,9-11H2,1H3,(H,27,28)/t16-,21+/m0/s1. The Morgan fingerprint density at radius 3 is 2.80 bits per heavy atom. The zero-order valence-electron chi connectivity index (χ0n) is 16.3. The molecule has 3 aromatic rings. The van der Waals surface area contributed by atoms with Gasteiger partial charge in [-0.25, -0.2) is 4.79 Å². The van der Waals surface area contributed by atoms with E-state index in [1.54, 1.807) is 13.1 Å². The second-order valence-corrected chi connectivity index (χ2v) is 7.47. The molecule has 8 heteroatoms. The summed E-state index contributed by atoms with van der Waals surface area (Å²) in [5.41, 5.74) is 3.44. The van der Waals surface area contributed by atoms with Crippen molar-refractivity contribution in [2.75, 3.05) is 20.4 Å². The zero-order chi connectivity index (χ0) is 20.8. The molecule has 5 rings (SSSR count). The van der Waals surface area contributed by atoms with Crippen molar-refractivity contribution in [3.63, 3.8) is 0 Å². The third-order valence-corrected chi connectivity index (χ3v) is 5.74. The summed E-state index contributed by atoms with van der Waals surface area (Å²) in [5.74, 6) is -0.0871. The molecule has 0 spiro atoms. The number of nitrogens with zero attached hydrogens (tertiary/aromatic N) is 1. The number of fused-ring (bicyclic) bond motifs is 4. The third-order valence-electron chi connectivity index (χ3n) is 5.74.